The minimum atomic E-state index is -3.48. The molecule has 1 fully saturated rings. The number of piperidine rings is 1. The Bertz CT molecular complexity index is 1070. The number of aryl methyl sites for hydroxylation is 3. The summed E-state index contributed by atoms with van der Waals surface area (Å²) >= 11 is 0. The Morgan fingerprint density at radius 1 is 1.04 bits per heavy atom. The van der Waals surface area contributed by atoms with Crippen LogP contribution in [0.2, 0.25) is 0 Å². The molecular formula is C20H24N4O2S. The van der Waals surface area contributed by atoms with Crippen LogP contribution in [0, 0.1) is 20.8 Å². The van der Waals surface area contributed by atoms with Crippen LogP contribution in [0.1, 0.15) is 35.6 Å². The molecule has 0 radical (unpaired) electrons. The van der Waals surface area contributed by atoms with E-state index in [1.54, 1.807) is 10.5 Å². The van der Waals surface area contributed by atoms with E-state index in [2.05, 4.69) is 14.5 Å². The Hall–Kier alpha value is -2.25. The summed E-state index contributed by atoms with van der Waals surface area (Å²) in [5.41, 5.74) is 4.46. The molecule has 27 heavy (non-hydrogen) atoms. The fourth-order valence-electron chi connectivity index (χ4n) is 4.20. The van der Waals surface area contributed by atoms with E-state index in [9.17, 15) is 8.42 Å². The summed E-state index contributed by atoms with van der Waals surface area (Å²) in [6, 6.07) is 7.92. The molecule has 4 rings (SSSR count). The summed E-state index contributed by atoms with van der Waals surface area (Å²) in [7, 11) is -3.48. The fourth-order valence-corrected chi connectivity index (χ4v) is 6.08. The highest BCUT2D eigenvalue weighted by Gasteiger charge is 2.32. The summed E-state index contributed by atoms with van der Waals surface area (Å²) < 4.78 is 30.2. The maximum atomic E-state index is 13.2. The Labute approximate surface area is 159 Å². The van der Waals surface area contributed by atoms with E-state index in [1.165, 1.54) is 0 Å². The fraction of sp³-hybridized carbons (Fsp3) is 0.400. The maximum Gasteiger partial charge on any atom is 0.243 e. The molecule has 1 aliphatic heterocycles. The lowest BCUT2D eigenvalue weighted by atomic mass is 10.1. The second-order valence-electron chi connectivity index (χ2n) is 7.36. The van der Waals surface area contributed by atoms with Gasteiger partial charge in [-0.3, -0.25) is 0 Å². The Balaban J connectivity index is 1.57. The molecular weight excluding hydrogens is 360 g/mol. The molecule has 3 heterocycles. The molecule has 0 atom stereocenters. The number of benzene rings is 1. The van der Waals surface area contributed by atoms with Gasteiger partial charge in [0, 0.05) is 25.3 Å². The van der Waals surface area contributed by atoms with Gasteiger partial charge in [-0.15, -0.1) is 0 Å². The molecule has 1 saturated heterocycles. The van der Waals surface area contributed by atoms with Gasteiger partial charge in [-0.05, 0) is 56.9 Å². The zero-order valence-electron chi connectivity index (χ0n) is 15.9. The van der Waals surface area contributed by atoms with Crippen LogP contribution < -0.4 is 0 Å². The predicted molar refractivity (Wildman–Crippen MR) is 105 cm³/mol. The molecule has 0 aliphatic carbocycles. The second kappa shape index (κ2) is 6.73. The molecule has 0 bridgehead atoms. The van der Waals surface area contributed by atoms with Crippen LogP contribution >= 0.6 is 0 Å². The lowest BCUT2D eigenvalue weighted by Crippen LogP contribution is -2.39. The molecule has 2 aromatic heterocycles. The van der Waals surface area contributed by atoms with E-state index in [-0.39, 0.29) is 6.04 Å². The van der Waals surface area contributed by atoms with Crippen molar-refractivity contribution in [3.8, 4) is 0 Å². The molecule has 7 heteroatoms. The number of pyridine rings is 1. The van der Waals surface area contributed by atoms with Crippen molar-refractivity contribution in [3.05, 3.63) is 53.5 Å². The Kier molecular flexibility index (Phi) is 4.52. The van der Waals surface area contributed by atoms with E-state index in [0.29, 0.717) is 18.0 Å². The highest BCUT2D eigenvalue weighted by molar-refractivity contribution is 7.89. The SMILES string of the molecule is Cc1cc(C)c(S(=O)(=O)N2CCC(n3cnc4cccnc43)CC2)c(C)c1. The first-order valence-electron chi connectivity index (χ1n) is 9.23. The van der Waals surface area contributed by atoms with Crippen LogP contribution in [0.4, 0.5) is 0 Å². The van der Waals surface area contributed by atoms with Gasteiger partial charge in [-0.1, -0.05) is 17.7 Å². The number of aromatic nitrogens is 3. The molecule has 6 nitrogen and oxygen atoms in total. The van der Waals surface area contributed by atoms with E-state index in [1.807, 2.05) is 51.4 Å². The smallest absolute Gasteiger partial charge is 0.243 e. The Morgan fingerprint density at radius 3 is 2.37 bits per heavy atom. The lowest BCUT2D eigenvalue weighted by molar-refractivity contribution is 0.276. The van der Waals surface area contributed by atoms with Gasteiger partial charge in [0.15, 0.2) is 5.65 Å². The molecule has 0 spiro atoms. The predicted octanol–water partition coefficient (Wildman–Crippen LogP) is 3.38. The van der Waals surface area contributed by atoms with Crippen LogP contribution in [0.25, 0.3) is 11.2 Å². The highest BCUT2D eigenvalue weighted by atomic mass is 32.2. The molecule has 0 amide bonds. The average molecular weight is 385 g/mol. The van der Waals surface area contributed by atoms with Gasteiger partial charge in [0.25, 0.3) is 0 Å². The van der Waals surface area contributed by atoms with Crippen LogP contribution in [0.15, 0.2) is 41.7 Å². The first-order valence-corrected chi connectivity index (χ1v) is 10.7. The van der Waals surface area contributed by atoms with E-state index >= 15 is 0 Å². The highest BCUT2D eigenvalue weighted by Crippen LogP contribution is 2.31. The summed E-state index contributed by atoms with van der Waals surface area (Å²) in [6.07, 6.45) is 5.10. The van der Waals surface area contributed by atoms with Crippen molar-refractivity contribution in [1.82, 2.24) is 18.8 Å². The standard InChI is InChI=1S/C20H24N4O2S/c1-14-11-15(2)19(16(3)12-14)27(25,26)23-9-6-17(7-10-23)24-13-22-18-5-4-8-21-20(18)24/h4-5,8,11-13,17H,6-7,9-10H2,1-3H3. The number of rotatable bonds is 3. The summed E-state index contributed by atoms with van der Waals surface area (Å²) in [6.45, 7) is 6.76. The zero-order chi connectivity index (χ0) is 19.2. The largest absolute Gasteiger partial charge is 0.312 e. The third-order valence-electron chi connectivity index (χ3n) is 5.35. The number of hydrogen-bond donors (Lipinski definition) is 0. The third kappa shape index (κ3) is 3.15. The molecule has 0 unspecified atom stereocenters. The minimum absolute atomic E-state index is 0.219. The first-order chi connectivity index (χ1) is 12.9. The van der Waals surface area contributed by atoms with Crippen LogP contribution in [0.5, 0.6) is 0 Å². The number of nitrogens with zero attached hydrogens (tertiary/aromatic N) is 4. The second-order valence-corrected chi connectivity index (χ2v) is 9.24. The van der Waals surface area contributed by atoms with Gasteiger partial charge in [0.1, 0.15) is 5.52 Å². The number of fused-ring (bicyclic) bond motifs is 1. The summed E-state index contributed by atoms with van der Waals surface area (Å²) in [5.74, 6) is 0. The van der Waals surface area contributed by atoms with Crippen LogP contribution in [-0.4, -0.2) is 40.3 Å². The van der Waals surface area contributed by atoms with Crippen molar-refractivity contribution in [2.45, 2.75) is 44.6 Å². The number of imidazole rings is 1. The van der Waals surface area contributed by atoms with Crippen molar-refractivity contribution in [2.24, 2.45) is 0 Å². The minimum Gasteiger partial charge on any atom is -0.312 e. The number of hydrogen-bond acceptors (Lipinski definition) is 4. The maximum absolute atomic E-state index is 13.2. The van der Waals surface area contributed by atoms with Crippen molar-refractivity contribution in [1.29, 1.82) is 0 Å². The zero-order valence-corrected chi connectivity index (χ0v) is 16.7. The van der Waals surface area contributed by atoms with Crippen LogP contribution in [-0.2, 0) is 10.0 Å². The molecule has 3 aromatic rings. The molecule has 142 valence electrons. The van der Waals surface area contributed by atoms with Gasteiger partial charge < -0.3 is 4.57 Å². The van der Waals surface area contributed by atoms with Gasteiger partial charge in [0.2, 0.25) is 10.0 Å². The molecule has 0 saturated carbocycles. The van der Waals surface area contributed by atoms with Crippen molar-refractivity contribution >= 4 is 21.2 Å². The van der Waals surface area contributed by atoms with Gasteiger partial charge in [-0.2, -0.15) is 4.31 Å². The molecule has 0 N–H and O–H groups in total. The van der Waals surface area contributed by atoms with E-state index in [4.69, 9.17) is 0 Å². The van der Waals surface area contributed by atoms with Crippen molar-refractivity contribution in [2.75, 3.05) is 13.1 Å². The first kappa shape index (κ1) is 18.1. The van der Waals surface area contributed by atoms with E-state index < -0.39 is 10.0 Å². The summed E-state index contributed by atoms with van der Waals surface area (Å²) in [5, 5.41) is 0. The quantitative estimate of drug-likeness (QED) is 0.694. The third-order valence-corrected chi connectivity index (χ3v) is 7.56. The van der Waals surface area contributed by atoms with Gasteiger partial charge in [-0.25, -0.2) is 18.4 Å². The monoisotopic (exact) mass is 384 g/mol. The summed E-state index contributed by atoms with van der Waals surface area (Å²) in [4.78, 5) is 9.30. The van der Waals surface area contributed by atoms with E-state index in [0.717, 1.165) is 40.7 Å². The van der Waals surface area contributed by atoms with Gasteiger partial charge >= 0.3 is 0 Å². The Morgan fingerprint density at radius 2 is 1.70 bits per heavy atom. The van der Waals surface area contributed by atoms with Gasteiger partial charge in [0.05, 0.1) is 11.2 Å². The van der Waals surface area contributed by atoms with Crippen molar-refractivity contribution in [3.63, 3.8) is 0 Å². The van der Waals surface area contributed by atoms with Crippen molar-refractivity contribution < 1.29 is 8.42 Å². The molecule has 1 aliphatic rings. The normalized spacial score (nSPS) is 16.9. The molecule has 1 aromatic carbocycles. The topological polar surface area (TPSA) is 68.1 Å². The average Bonchev–Trinajstić information content (AvgIpc) is 3.05. The number of sulfonamides is 1. The van der Waals surface area contributed by atoms with Crippen LogP contribution in [0.3, 0.4) is 0 Å². The lowest BCUT2D eigenvalue weighted by Gasteiger charge is -2.32.